The average Bonchev–Trinajstić information content (AvgIpc) is 2.90. The second kappa shape index (κ2) is 8.81. The minimum Gasteiger partial charge on any atom is -0.361 e. The van der Waals surface area contributed by atoms with Crippen molar-refractivity contribution in [3.8, 4) is 11.8 Å². The van der Waals surface area contributed by atoms with Crippen molar-refractivity contribution in [2.24, 2.45) is 5.92 Å². The van der Waals surface area contributed by atoms with Gasteiger partial charge in [0, 0.05) is 49.5 Å². The summed E-state index contributed by atoms with van der Waals surface area (Å²) in [6, 6.07) is 1.61. The van der Waals surface area contributed by atoms with Crippen LogP contribution in [-0.2, 0) is 9.53 Å². The molecule has 2 saturated heterocycles. The molecule has 2 unspecified atom stereocenters. The molecule has 146 valence electrons. The predicted molar refractivity (Wildman–Crippen MR) is 106 cm³/mol. The summed E-state index contributed by atoms with van der Waals surface area (Å²) in [5.74, 6) is 6.82. The molecule has 0 radical (unpaired) electrons. The maximum absolute atomic E-state index is 11.5. The zero-order chi connectivity index (χ0) is 19.4. The fourth-order valence-corrected chi connectivity index (χ4v) is 3.71. The second-order valence-corrected chi connectivity index (χ2v) is 8.03. The van der Waals surface area contributed by atoms with E-state index in [1.54, 1.807) is 12.4 Å². The third-order valence-electron chi connectivity index (χ3n) is 5.41. The highest BCUT2D eigenvalue weighted by molar-refractivity contribution is 5.81. The zero-order valence-corrected chi connectivity index (χ0v) is 16.8. The van der Waals surface area contributed by atoms with Crippen molar-refractivity contribution < 1.29 is 9.53 Å². The number of piperazine rings is 1. The van der Waals surface area contributed by atoms with Crippen molar-refractivity contribution >= 4 is 11.7 Å². The molecule has 2 atom stereocenters. The van der Waals surface area contributed by atoms with Crippen molar-refractivity contribution in [3.05, 3.63) is 18.0 Å². The van der Waals surface area contributed by atoms with Gasteiger partial charge in [-0.2, -0.15) is 0 Å². The summed E-state index contributed by atoms with van der Waals surface area (Å²) >= 11 is 0. The maximum atomic E-state index is 11.5. The largest absolute Gasteiger partial charge is 0.361 e. The molecule has 1 aromatic heterocycles. The van der Waals surface area contributed by atoms with Crippen LogP contribution in [0.3, 0.4) is 0 Å². The topological polar surface area (TPSA) is 58.6 Å². The number of rotatable bonds is 6. The Labute approximate surface area is 162 Å². The van der Waals surface area contributed by atoms with Gasteiger partial charge in [-0.15, -0.1) is 0 Å². The third kappa shape index (κ3) is 4.85. The van der Waals surface area contributed by atoms with E-state index < -0.39 is 0 Å². The molecular formula is C21H30N4O2. The molecule has 2 fully saturated rings. The first-order valence-electron chi connectivity index (χ1n) is 9.89. The van der Waals surface area contributed by atoms with Crippen molar-refractivity contribution in [1.82, 2.24) is 14.9 Å². The number of ether oxygens (including phenoxy) is 1. The van der Waals surface area contributed by atoms with E-state index in [0.29, 0.717) is 18.1 Å². The molecule has 0 aliphatic carbocycles. The van der Waals surface area contributed by atoms with Crippen LogP contribution in [0.15, 0.2) is 12.4 Å². The van der Waals surface area contributed by atoms with Gasteiger partial charge >= 0.3 is 0 Å². The van der Waals surface area contributed by atoms with Gasteiger partial charge in [-0.3, -0.25) is 9.69 Å². The standard InChI is InChI=1S/C21H30N4O2/c1-15(2)20(26)14-27-9-5-6-17-10-22-21(23-11-17)25-18-7-8-19(25)13-24(12-18)16(3)4/h10-11,15-16,18-19H,7-9,12-14H2,1-4H3. The van der Waals surface area contributed by atoms with Crippen LogP contribution in [0.1, 0.15) is 46.1 Å². The van der Waals surface area contributed by atoms with E-state index in [0.717, 1.165) is 24.6 Å². The lowest BCUT2D eigenvalue weighted by atomic mass is 10.1. The highest BCUT2D eigenvalue weighted by atomic mass is 16.5. The number of ketones is 1. The highest BCUT2D eigenvalue weighted by Gasteiger charge is 2.41. The van der Waals surface area contributed by atoms with Crippen LogP contribution in [0, 0.1) is 17.8 Å². The van der Waals surface area contributed by atoms with Crippen molar-refractivity contribution in [2.45, 2.75) is 58.7 Å². The van der Waals surface area contributed by atoms with E-state index in [-0.39, 0.29) is 24.9 Å². The summed E-state index contributed by atoms with van der Waals surface area (Å²) in [5, 5.41) is 0. The Hall–Kier alpha value is -1.97. The quantitative estimate of drug-likeness (QED) is 0.565. The van der Waals surface area contributed by atoms with Gasteiger partial charge in [0.15, 0.2) is 5.78 Å². The van der Waals surface area contributed by atoms with Gasteiger partial charge in [0.25, 0.3) is 0 Å². The van der Waals surface area contributed by atoms with Crippen LogP contribution in [0.25, 0.3) is 0 Å². The molecule has 0 aromatic carbocycles. The molecule has 0 N–H and O–H groups in total. The first-order valence-corrected chi connectivity index (χ1v) is 9.89. The second-order valence-electron chi connectivity index (χ2n) is 8.03. The van der Waals surface area contributed by atoms with Crippen molar-refractivity contribution in [2.75, 3.05) is 31.2 Å². The van der Waals surface area contributed by atoms with Gasteiger partial charge in [0.2, 0.25) is 5.95 Å². The molecule has 6 heteroatoms. The molecule has 0 saturated carbocycles. The van der Waals surface area contributed by atoms with Gasteiger partial charge in [0.1, 0.15) is 13.2 Å². The van der Waals surface area contributed by atoms with Crippen LogP contribution in [0.4, 0.5) is 5.95 Å². The third-order valence-corrected chi connectivity index (χ3v) is 5.41. The number of nitrogens with zero attached hydrogens (tertiary/aromatic N) is 4. The molecule has 6 nitrogen and oxygen atoms in total. The lowest BCUT2D eigenvalue weighted by Gasteiger charge is -2.42. The molecule has 1 aromatic rings. The minimum atomic E-state index is -0.00315. The molecule has 27 heavy (non-hydrogen) atoms. The summed E-state index contributed by atoms with van der Waals surface area (Å²) < 4.78 is 5.29. The van der Waals surface area contributed by atoms with E-state index >= 15 is 0 Å². The number of Topliss-reactive ketones (excluding diaryl/α,β-unsaturated/α-hetero) is 1. The Morgan fingerprint density at radius 1 is 1.19 bits per heavy atom. The number of hydrogen-bond donors (Lipinski definition) is 0. The number of likely N-dealkylation sites (tertiary alicyclic amines) is 1. The fraction of sp³-hybridized carbons (Fsp3) is 0.667. The van der Waals surface area contributed by atoms with E-state index in [1.807, 2.05) is 13.8 Å². The Morgan fingerprint density at radius 2 is 1.81 bits per heavy atom. The monoisotopic (exact) mass is 370 g/mol. The van der Waals surface area contributed by atoms with Gasteiger partial charge in [-0.05, 0) is 26.7 Å². The van der Waals surface area contributed by atoms with E-state index in [9.17, 15) is 4.79 Å². The molecule has 3 heterocycles. The SMILES string of the molecule is CC(C)C(=O)COCC#Cc1cnc(N2C3CCC2CN(C(C)C)C3)nc1. The van der Waals surface area contributed by atoms with Crippen molar-refractivity contribution in [1.29, 1.82) is 0 Å². The number of fused-ring (bicyclic) bond motifs is 2. The first kappa shape index (κ1) is 19.8. The smallest absolute Gasteiger partial charge is 0.225 e. The lowest BCUT2D eigenvalue weighted by molar-refractivity contribution is -0.126. The fourth-order valence-electron chi connectivity index (χ4n) is 3.71. The number of hydrogen-bond acceptors (Lipinski definition) is 6. The number of carbonyl (C=O) groups is 1. The number of anilines is 1. The van der Waals surface area contributed by atoms with Gasteiger partial charge in [-0.1, -0.05) is 25.7 Å². The normalized spacial score (nSPS) is 22.2. The summed E-state index contributed by atoms with van der Waals surface area (Å²) in [6.07, 6.45) is 5.99. The molecule has 0 amide bonds. The number of aromatic nitrogens is 2. The molecule has 2 bridgehead atoms. The summed E-state index contributed by atoms with van der Waals surface area (Å²) in [7, 11) is 0. The van der Waals surface area contributed by atoms with Crippen LogP contribution < -0.4 is 4.90 Å². The first-order chi connectivity index (χ1) is 13.0. The van der Waals surface area contributed by atoms with Crippen LogP contribution >= 0.6 is 0 Å². The molecule has 2 aliphatic heterocycles. The maximum Gasteiger partial charge on any atom is 0.225 e. The highest BCUT2D eigenvalue weighted by Crippen LogP contribution is 2.33. The predicted octanol–water partition coefficient (Wildman–Crippen LogP) is 2.13. The van der Waals surface area contributed by atoms with Crippen LogP contribution in [-0.4, -0.2) is 65.1 Å². The van der Waals surface area contributed by atoms with E-state index in [4.69, 9.17) is 4.74 Å². The van der Waals surface area contributed by atoms with Gasteiger partial charge < -0.3 is 9.64 Å². The summed E-state index contributed by atoms with van der Waals surface area (Å²) in [6.45, 7) is 10.8. The average molecular weight is 370 g/mol. The van der Waals surface area contributed by atoms with Gasteiger partial charge in [0.05, 0.1) is 5.56 Å². The summed E-state index contributed by atoms with van der Waals surface area (Å²) in [5.41, 5.74) is 0.769. The molecule has 2 aliphatic rings. The number of carbonyl (C=O) groups excluding carboxylic acids is 1. The van der Waals surface area contributed by atoms with E-state index in [1.165, 1.54) is 12.8 Å². The molecule has 3 rings (SSSR count). The Morgan fingerprint density at radius 3 is 2.37 bits per heavy atom. The zero-order valence-electron chi connectivity index (χ0n) is 16.8. The van der Waals surface area contributed by atoms with Gasteiger partial charge in [-0.25, -0.2) is 9.97 Å². The van der Waals surface area contributed by atoms with Crippen molar-refractivity contribution in [3.63, 3.8) is 0 Å². The Bertz CT molecular complexity index is 691. The summed E-state index contributed by atoms with van der Waals surface area (Å²) in [4.78, 5) is 25.6. The van der Waals surface area contributed by atoms with Crippen LogP contribution in [0.2, 0.25) is 0 Å². The molecular weight excluding hydrogens is 340 g/mol. The Kier molecular flexibility index (Phi) is 6.46. The van der Waals surface area contributed by atoms with E-state index in [2.05, 4.69) is 45.5 Å². The minimum absolute atomic E-state index is 0.00315. The molecule has 0 spiro atoms. The Balaban J connectivity index is 1.54. The van der Waals surface area contributed by atoms with Crippen LogP contribution in [0.5, 0.6) is 0 Å². The lowest BCUT2D eigenvalue weighted by Crippen LogP contribution is -2.56.